The van der Waals surface area contributed by atoms with E-state index in [1.165, 1.54) is 12.3 Å². The van der Waals surface area contributed by atoms with E-state index in [0.717, 1.165) is 0 Å². The average Bonchev–Trinajstić information content (AvgIpc) is 1.86. The van der Waals surface area contributed by atoms with Crippen molar-refractivity contribution in [2.24, 2.45) is 0 Å². The molecular weight excluding hydrogens is 208 g/mol. The molecule has 2 N–H and O–H groups in total. The Morgan fingerprint density at radius 1 is 1.36 bits per heavy atom. The summed E-state index contributed by atoms with van der Waals surface area (Å²) in [6.45, 7) is 0. The number of nitrogen functional groups attached to an aromatic ring is 1. The second-order valence-electron chi connectivity index (χ2n) is 1.80. The molecule has 0 aromatic carbocycles. The van der Waals surface area contributed by atoms with E-state index in [0.29, 0.717) is 0 Å². The minimum Gasteiger partial charge on any atom is -0.368 e. The molecule has 1 aromatic rings. The van der Waals surface area contributed by atoms with Crippen LogP contribution in [0, 0.1) is 0 Å². The average molecular weight is 212 g/mol. The van der Waals surface area contributed by atoms with Gasteiger partial charge in [0.2, 0.25) is 9.74 Å². The van der Waals surface area contributed by atoms with Gasteiger partial charge < -0.3 is 5.73 Å². The number of hydrogen-bond donors (Lipinski definition) is 1. The first-order valence-electron chi connectivity index (χ1n) is 2.66. The molecular formula is C5H4Cl3N3. The lowest BCUT2D eigenvalue weighted by atomic mass is 10.4. The number of aromatic nitrogens is 2. The standard InChI is InChI=1S/C5H4Cl3N3/c6-5(7,8)3-1-2-10-4(9)11-3/h1-2H,(H2,9,10,11). The number of anilines is 1. The Morgan fingerprint density at radius 3 is 2.36 bits per heavy atom. The van der Waals surface area contributed by atoms with Gasteiger partial charge in [0.05, 0.1) is 5.69 Å². The normalized spacial score (nSPS) is 11.5. The van der Waals surface area contributed by atoms with Gasteiger partial charge in [-0.2, -0.15) is 0 Å². The van der Waals surface area contributed by atoms with Crippen LogP contribution in [0.5, 0.6) is 0 Å². The molecule has 0 saturated heterocycles. The molecule has 0 aliphatic heterocycles. The molecule has 0 spiro atoms. The van der Waals surface area contributed by atoms with Gasteiger partial charge in [0.15, 0.2) is 0 Å². The topological polar surface area (TPSA) is 51.8 Å². The number of hydrogen-bond acceptors (Lipinski definition) is 3. The minimum atomic E-state index is -1.53. The molecule has 1 heterocycles. The van der Waals surface area contributed by atoms with Crippen molar-refractivity contribution in [1.82, 2.24) is 9.97 Å². The van der Waals surface area contributed by atoms with Crippen LogP contribution in [0.4, 0.5) is 5.95 Å². The van der Waals surface area contributed by atoms with Gasteiger partial charge in [0, 0.05) is 6.20 Å². The summed E-state index contributed by atoms with van der Waals surface area (Å²) in [5, 5.41) is 0. The maximum atomic E-state index is 5.52. The maximum absolute atomic E-state index is 5.52. The summed E-state index contributed by atoms with van der Waals surface area (Å²) in [7, 11) is 0. The van der Waals surface area contributed by atoms with Gasteiger partial charge in [-0.1, -0.05) is 34.8 Å². The molecule has 0 bridgehead atoms. The maximum Gasteiger partial charge on any atom is 0.232 e. The fourth-order valence-electron chi connectivity index (χ4n) is 0.532. The Balaban J connectivity index is 3.06. The van der Waals surface area contributed by atoms with Crippen LogP contribution in [-0.4, -0.2) is 9.97 Å². The van der Waals surface area contributed by atoms with Crippen LogP contribution in [-0.2, 0) is 3.79 Å². The van der Waals surface area contributed by atoms with Crippen molar-refractivity contribution in [1.29, 1.82) is 0 Å². The Labute approximate surface area is 78.5 Å². The molecule has 60 valence electrons. The Hall–Kier alpha value is -0.250. The quantitative estimate of drug-likeness (QED) is 0.668. The van der Waals surface area contributed by atoms with Crippen molar-refractivity contribution in [3.63, 3.8) is 0 Å². The molecule has 6 heteroatoms. The van der Waals surface area contributed by atoms with Crippen molar-refractivity contribution in [2.75, 3.05) is 5.73 Å². The van der Waals surface area contributed by atoms with E-state index < -0.39 is 3.79 Å². The summed E-state index contributed by atoms with van der Waals surface area (Å²) in [4.78, 5) is 7.36. The summed E-state index contributed by atoms with van der Waals surface area (Å²) in [6, 6.07) is 1.49. The van der Waals surface area contributed by atoms with Crippen LogP contribution in [0.25, 0.3) is 0 Å². The molecule has 0 fully saturated rings. The molecule has 1 rings (SSSR count). The van der Waals surface area contributed by atoms with E-state index in [9.17, 15) is 0 Å². The van der Waals surface area contributed by atoms with E-state index >= 15 is 0 Å². The van der Waals surface area contributed by atoms with Crippen molar-refractivity contribution in [3.05, 3.63) is 18.0 Å². The van der Waals surface area contributed by atoms with Gasteiger partial charge in [-0.25, -0.2) is 9.97 Å². The third kappa shape index (κ3) is 2.36. The Kier molecular flexibility index (Phi) is 2.42. The smallest absolute Gasteiger partial charge is 0.232 e. The first-order chi connectivity index (χ1) is 5.00. The SMILES string of the molecule is Nc1nccc(C(Cl)(Cl)Cl)n1. The molecule has 0 amide bonds. The summed E-state index contributed by atoms with van der Waals surface area (Å²) in [5.41, 5.74) is 5.53. The van der Waals surface area contributed by atoms with Crippen molar-refractivity contribution in [2.45, 2.75) is 3.79 Å². The zero-order valence-electron chi connectivity index (χ0n) is 5.26. The van der Waals surface area contributed by atoms with Crippen LogP contribution in [0.3, 0.4) is 0 Å². The predicted octanol–water partition coefficient (Wildman–Crippen LogP) is 1.89. The first-order valence-corrected chi connectivity index (χ1v) is 3.79. The molecule has 0 aliphatic carbocycles. The molecule has 0 aliphatic rings. The highest BCUT2D eigenvalue weighted by Gasteiger charge is 2.24. The van der Waals surface area contributed by atoms with Crippen LogP contribution >= 0.6 is 34.8 Å². The number of alkyl halides is 3. The minimum absolute atomic E-state index is 0.0915. The number of nitrogens with two attached hydrogens (primary N) is 1. The van der Waals surface area contributed by atoms with E-state index in [-0.39, 0.29) is 11.6 Å². The summed E-state index contributed by atoms with van der Waals surface area (Å²) >= 11 is 16.5. The van der Waals surface area contributed by atoms with E-state index in [1.54, 1.807) is 0 Å². The van der Waals surface area contributed by atoms with Crippen LogP contribution in [0.15, 0.2) is 12.3 Å². The molecule has 1 aromatic heterocycles. The van der Waals surface area contributed by atoms with Crippen LogP contribution < -0.4 is 5.73 Å². The van der Waals surface area contributed by atoms with Crippen molar-refractivity contribution < 1.29 is 0 Å². The van der Waals surface area contributed by atoms with Crippen LogP contribution in [0.1, 0.15) is 5.69 Å². The summed E-state index contributed by atoms with van der Waals surface area (Å²) in [6.07, 6.45) is 1.43. The lowest BCUT2D eigenvalue weighted by Gasteiger charge is -2.08. The van der Waals surface area contributed by atoms with Crippen molar-refractivity contribution >= 4 is 40.8 Å². The second-order valence-corrected chi connectivity index (χ2v) is 4.08. The van der Waals surface area contributed by atoms with Crippen molar-refractivity contribution in [3.8, 4) is 0 Å². The number of nitrogens with zero attached hydrogens (tertiary/aromatic N) is 2. The highest BCUT2D eigenvalue weighted by Crippen LogP contribution is 2.36. The molecule has 3 nitrogen and oxygen atoms in total. The Morgan fingerprint density at radius 2 is 2.00 bits per heavy atom. The second kappa shape index (κ2) is 3.01. The van der Waals surface area contributed by atoms with E-state index in [1.807, 2.05) is 0 Å². The zero-order valence-corrected chi connectivity index (χ0v) is 7.53. The van der Waals surface area contributed by atoms with Gasteiger partial charge in [-0.3, -0.25) is 0 Å². The van der Waals surface area contributed by atoms with Crippen LogP contribution in [0.2, 0.25) is 0 Å². The molecule has 0 atom stereocenters. The fourth-order valence-corrected chi connectivity index (χ4v) is 0.847. The molecule has 0 unspecified atom stereocenters. The number of rotatable bonds is 0. The molecule has 11 heavy (non-hydrogen) atoms. The zero-order chi connectivity index (χ0) is 8.48. The molecule has 0 radical (unpaired) electrons. The lowest BCUT2D eigenvalue weighted by molar-refractivity contribution is 1.05. The van der Waals surface area contributed by atoms with Gasteiger partial charge in [-0.15, -0.1) is 0 Å². The third-order valence-electron chi connectivity index (χ3n) is 0.965. The number of halogens is 3. The molecule has 0 saturated carbocycles. The summed E-state index contributed by atoms with van der Waals surface area (Å²) in [5.74, 6) is 0.0915. The van der Waals surface area contributed by atoms with E-state index in [2.05, 4.69) is 9.97 Å². The lowest BCUT2D eigenvalue weighted by Crippen LogP contribution is -2.06. The first kappa shape index (κ1) is 8.84. The van der Waals surface area contributed by atoms with Gasteiger partial charge >= 0.3 is 0 Å². The predicted molar refractivity (Wildman–Crippen MR) is 45.7 cm³/mol. The van der Waals surface area contributed by atoms with Gasteiger partial charge in [-0.05, 0) is 6.07 Å². The monoisotopic (exact) mass is 211 g/mol. The van der Waals surface area contributed by atoms with E-state index in [4.69, 9.17) is 40.5 Å². The van der Waals surface area contributed by atoms with Gasteiger partial charge in [0.25, 0.3) is 0 Å². The fraction of sp³-hybridized carbons (Fsp3) is 0.200. The van der Waals surface area contributed by atoms with Gasteiger partial charge in [0.1, 0.15) is 0 Å². The third-order valence-corrected chi connectivity index (χ3v) is 1.55. The highest BCUT2D eigenvalue weighted by atomic mass is 35.6. The summed E-state index contributed by atoms with van der Waals surface area (Å²) < 4.78 is -1.53. The highest BCUT2D eigenvalue weighted by molar-refractivity contribution is 6.66. The Bertz CT molecular complexity index is 257. The largest absolute Gasteiger partial charge is 0.368 e.